The molecular formula is C14H17FN2O2S. The minimum atomic E-state index is -3.65. The second-order valence-corrected chi connectivity index (χ2v) is 8.00. The van der Waals surface area contributed by atoms with E-state index >= 15 is 0 Å². The van der Waals surface area contributed by atoms with Gasteiger partial charge in [0.25, 0.3) is 0 Å². The summed E-state index contributed by atoms with van der Waals surface area (Å²) < 4.78 is 40.5. The maximum atomic E-state index is 13.0. The fourth-order valence-corrected chi connectivity index (χ4v) is 5.91. The van der Waals surface area contributed by atoms with Gasteiger partial charge in [-0.1, -0.05) is 0 Å². The van der Waals surface area contributed by atoms with E-state index in [4.69, 9.17) is 5.73 Å². The molecule has 4 atom stereocenters. The lowest BCUT2D eigenvalue weighted by molar-refractivity contribution is 0.456. The molecule has 2 bridgehead atoms. The summed E-state index contributed by atoms with van der Waals surface area (Å²) in [5.41, 5.74) is 5.59. The Morgan fingerprint density at radius 1 is 1.20 bits per heavy atom. The Balaban J connectivity index is 1.57. The number of halogens is 1. The molecule has 6 heteroatoms. The molecule has 0 aliphatic heterocycles. The lowest BCUT2D eigenvalue weighted by Gasteiger charge is -2.12. The molecule has 108 valence electrons. The first-order chi connectivity index (χ1) is 9.47. The molecule has 0 heterocycles. The van der Waals surface area contributed by atoms with Crippen molar-refractivity contribution in [2.24, 2.45) is 23.7 Å². The molecule has 0 spiro atoms. The maximum absolute atomic E-state index is 13.0. The van der Waals surface area contributed by atoms with Crippen LogP contribution < -0.4 is 10.5 Å². The van der Waals surface area contributed by atoms with Crippen molar-refractivity contribution in [1.29, 1.82) is 0 Å². The summed E-state index contributed by atoms with van der Waals surface area (Å²) in [5, 5.41) is 0. The molecule has 3 aliphatic carbocycles. The van der Waals surface area contributed by atoms with E-state index in [1.54, 1.807) is 0 Å². The Bertz CT molecular complexity index is 660. The number of rotatable bonds is 3. The number of nitrogens with two attached hydrogens (primary N) is 1. The Hall–Kier alpha value is -1.14. The van der Waals surface area contributed by atoms with Crippen LogP contribution in [0.25, 0.3) is 0 Å². The highest BCUT2D eigenvalue weighted by Gasteiger charge is 2.65. The Kier molecular flexibility index (Phi) is 2.49. The molecule has 4 unspecified atom stereocenters. The lowest BCUT2D eigenvalue weighted by atomic mass is 10.0. The van der Waals surface area contributed by atoms with Crippen molar-refractivity contribution in [3.8, 4) is 0 Å². The highest BCUT2D eigenvalue weighted by atomic mass is 32.2. The van der Waals surface area contributed by atoms with E-state index in [1.165, 1.54) is 25.3 Å². The molecule has 0 amide bonds. The van der Waals surface area contributed by atoms with E-state index in [9.17, 15) is 12.8 Å². The predicted octanol–water partition coefficient (Wildman–Crippen LogP) is 1.73. The molecule has 20 heavy (non-hydrogen) atoms. The average molecular weight is 296 g/mol. The van der Waals surface area contributed by atoms with E-state index in [-0.39, 0.29) is 16.6 Å². The van der Waals surface area contributed by atoms with Gasteiger partial charge in [-0.2, -0.15) is 0 Å². The van der Waals surface area contributed by atoms with Gasteiger partial charge in [-0.25, -0.2) is 17.5 Å². The predicted molar refractivity (Wildman–Crippen MR) is 72.7 cm³/mol. The molecule has 1 aromatic carbocycles. The van der Waals surface area contributed by atoms with Crippen molar-refractivity contribution in [2.75, 3.05) is 5.73 Å². The average Bonchev–Trinajstić information content (AvgIpc) is 2.78. The maximum Gasteiger partial charge on any atom is 0.242 e. The third-order valence-corrected chi connectivity index (χ3v) is 6.82. The number of benzene rings is 1. The zero-order valence-corrected chi connectivity index (χ0v) is 11.7. The molecule has 1 aromatic rings. The molecule has 0 radical (unpaired) electrons. The van der Waals surface area contributed by atoms with Gasteiger partial charge < -0.3 is 5.73 Å². The minimum absolute atomic E-state index is 0.0174. The van der Waals surface area contributed by atoms with E-state index in [2.05, 4.69) is 4.72 Å². The van der Waals surface area contributed by atoms with E-state index < -0.39 is 15.8 Å². The molecule has 4 nitrogen and oxygen atoms in total. The topological polar surface area (TPSA) is 72.2 Å². The second kappa shape index (κ2) is 3.95. The fraction of sp³-hybridized carbons (Fsp3) is 0.571. The number of hydrogen-bond acceptors (Lipinski definition) is 3. The first kappa shape index (κ1) is 12.6. The van der Waals surface area contributed by atoms with Crippen LogP contribution in [0.15, 0.2) is 23.1 Å². The standard InChI is InChI=1S/C14H17FN2O2S/c15-9-3-4-11(10(16)6-9)20(18,19)17-14-12-7-1-2-8(5-7)13(12)14/h3-4,6-8,12-14,17H,1-2,5,16H2. The minimum Gasteiger partial charge on any atom is -0.398 e. The van der Waals surface area contributed by atoms with Crippen molar-refractivity contribution in [1.82, 2.24) is 4.72 Å². The molecule has 3 fully saturated rings. The number of nitrogen functional groups attached to an aromatic ring is 1. The van der Waals surface area contributed by atoms with Gasteiger partial charge in [0.2, 0.25) is 10.0 Å². The van der Waals surface area contributed by atoms with Crippen molar-refractivity contribution >= 4 is 15.7 Å². The number of hydrogen-bond donors (Lipinski definition) is 2. The van der Waals surface area contributed by atoms with Crippen LogP contribution in [0.5, 0.6) is 0 Å². The van der Waals surface area contributed by atoms with Gasteiger partial charge >= 0.3 is 0 Å². The largest absolute Gasteiger partial charge is 0.398 e. The summed E-state index contributed by atoms with van der Waals surface area (Å²) in [7, 11) is -3.65. The molecule has 0 saturated heterocycles. The van der Waals surface area contributed by atoms with Crippen LogP contribution in [-0.4, -0.2) is 14.5 Å². The van der Waals surface area contributed by atoms with E-state index in [0.29, 0.717) is 23.7 Å². The van der Waals surface area contributed by atoms with E-state index in [0.717, 1.165) is 12.1 Å². The van der Waals surface area contributed by atoms with Crippen molar-refractivity contribution in [2.45, 2.75) is 30.2 Å². The second-order valence-electron chi connectivity index (χ2n) is 6.32. The number of nitrogens with one attached hydrogen (secondary N) is 1. The van der Waals surface area contributed by atoms with Crippen LogP contribution >= 0.6 is 0 Å². The first-order valence-corrected chi connectivity index (χ1v) is 8.53. The summed E-state index contributed by atoms with van der Waals surface area (Å²) in [5.74, 6) is 1.91. The van der Waals surface area contributed by atoms with Crippen LogP contribution in [0, 0.1) is 29.5 Å². The fourth-order valence-electron chi connectivity index (χ4n) is 4.49. The zero-order valence-electron chi connectivity index (χ0n) is 10.9. The van der Waals surface area contributed by atoms with E-state index in [1.807, 2.05) is 0 Å². The molecule has 0 aromatic heterocycles. The summed E-state index contributed by atoms with van der Waals surface area (Å²) in [6, 6.07) is 3.48. The van der Waals surface area contributed by atoms with Gasteiger partial charge in [-0.05, 0) is 61.1 Å². The monoisotopic (exact) mass is 296 g/mol. The van der Waals surface area contributed by atoms with Gasteiger partial charge in [-0.15, -0.1) is 0 Å². The number of anilines is 1. The zero-order chi connectivity index (χ0) is 14.1. The lowest BCUT2D eigenvalue weighted by Crippen LogP contribution is -2.30. The summed E-state index contributed by atoms with van der Waals surface area (Å²) >= 11 is 0. The SMILES string of the molecule is Nc1cc(F)ccc1S(=O)(=O)NC1C2C3CCC(C3)C12. The molecule has 3 aliphatic rings. The summed E-state index contributed by atoms with van der Waals surface area (Å²) in [6.45, 7) is 0. The molecule has 3 saturated carbocycles. The number of sulfonamides is 1. The third-order valence-electron chi connectivity index (χ3n) is 5.29. The highest BCUT2D eigenvalue weighted by molar-refractivity contribution is 7.89. The van der Waals surface area contributed by atoms with Crippen LogP contribution in [0.4, 0.5) is 10.1 Å². The van der Waals surface area contributed by atoms with Gasteiger partial charge in [-0.3, -0.25) is 0 Å². The first-order valence-electron chi connectivity index (χ1n) is 7.05. The van der Waals surface area contributed by atoms with Gasteiger partial charge in [0.1, 0.15) is 10.7 Å². The molecular weight excluding hydrogens is 279 g/mol. The van der Waals surface area contributed by atoms with Crippen molar-refractivity contribution < 1.29 is 12.8 Å². The third kappa shape index (κ3) is 1.71. The summed E-state index contributed by atoms with van der Waals surface area (Å²) in [6.07, 6.45) is 3.75. The van der Waals surface area contributed by atoms with Crippen molar-refractivity contribution in [3.63, 3.8) is 0 Å². The van der Waals surface area contributed by atoms with Crippen LogP contribution in [-0.2, 0) is 10.0 Å². The molecule has 3 N–H and O–H groups in total. The van der Waals surface area contributed by atoms with Crippen molar-refractivity contribution in [3.05, 3.63) is 24.0 Å². The Morgan fingerprint density at radius 2 is 1.85 bits per heavy atom. The normalized spacial score (nSPS) is 38.0. The van der Waals surface area contributed by atoms with Crippen LogP contribution in [0.2, 0.25) is 0 Å². The van der Waals surface area contributed by atoms with Gasteiger partial charge in [0.15, 0.2) is 0 Å². The van der Waals surface area contributed by atoms with Crippen LogP contribution in [0.1, 0.15) is 19.3 Å². The number of fused-ring (bicyclic) bond motifs is 5. The Labute approximate surface area is 117 Å². The molecule has 4 rings (SSSR count). The summed E-state index contributed by atoms with van der Waals surface area (Å²) in [4.78, 5) is -0.0174. The van der Waals surface area contributed by atoms with Crippen LogP contribution in [0.3, 0.4) is 0 Å². The highest BCUT2D eigenvalue weighted by Crippen LogP contribution is 2.65. The quantitative estimate of drug-likeness (QED) is 0.834. The van der Waals surface area contributed by atoms with Gasteiger partial charge in [0, 0.05) is 6.04 Å². The van der Waals surface area contributed by atoms with Gasteiger partial charge in [0.05, 0.1) is 5.69 Å². The Morgan fingerprint density at radius 3 is 2.45 bits per heavy atom. The smallest absolute Gasteiger partial charge is 0.242 e.